The molecule has 0 bridgehead atoms. The van der Waals surface area contributed by atoms with E-state index in [0.717, 1.165) is 6.07 Å². The summed E-state index contributed by atoms with van der Waals surface area (Å²) in [5.74, 6) is 0. The van der Waals surface area contributed by atoms with E-state index < -0.39 is 14.9 Å². The summed E-state index contributed by atoms with van der Waals surface area (Å²) in [6.07, 6.45) is 0.0963. The lowest BCUT2D eigenvalue weighted by Crippen LogP contribution is -2.32. The molecule has 7 nitrogen and oxygen atoms in total. The Balaban J connectivity index is 3.21. The van der Waals surface area contributed by atoms with Crippen molar-refractivity contribution in [3.05, 3.63) is 33.9 Å². The molecule has 0 aliphatic rings. The summed E-state index contributed by atoms with van der Waals surface area (Å²) in [5.41, 5.74) is 0.163. The standard InChI is InChI=1S/C12H15N3O4S/c1-3-14(8-4-7-13)20(18,19)12-6-5-11(15(16)17)9-10(12)2/h5-6,9H,3-4,8H2,1-2H3. The highest BCUT2D eigenvalue weighted by Crippen LogP contribution is 2.24. The van der Waals surface area contributed by atoms with E-state index in [1.165, 1.54) is 23.4 Å². The van der Waals surface area contributed by atoms with Crippen molar-refractivity contribution in [2.45, 2.75) is 25.2 Å². The summed E-state index contributed by atoms with van der Waals surface area (Å²) in [6, 6.07) is 5.53. The van der Waals surface area contributed by atoms with E-state index in [4.69, 9.17) is 5.26 Å². The van der Waals surface area contributed by atoms with E-state index in [2.05, 4.69) is 0 Å². The smallest absolute Gasteiger partial charge is 0.258 e. The van der Waals surface area contributed by atoms with Gasteiger partial charge in [0.2, 0.25) is 10.0 Å². The van der Waals surface area contributed by atoms with Crippen LogP contribution in [0.3, 0.4) is 0 Å². The van der Waals surface area contributed by atoms with Crippen molar-refractivity contribution in [1.82, 2.24) is 4.31 Å². The van der Waals surface area contributed by atoms with Crippen molar-refractivity contribution < 1.29 is 13.3 Å². The van der Waals surface area contributed by atoms with Gasteiger partial charge in [-0.3, -0.25) is 10.1 Å². The molecule has 0 saturated carbocycles. The van der Waals surface area contributed by atoms with Crippen LogP contribution in [-0.4, -0.2) is 30.7 Å². The minimum Gasteiger partial charge on any atom is -0.258 e. The van der Waals surface area contributed by atoms with Crippen molar-refractivity contribution in [3.8, 4) is 6.07 Å². The molecular formula is C12H15N3O4S. The third-order valence-corrected chi connectivity index (χ3v) is 4.95. The number of nitro groups is 1. The maximum atomic E-state index is 12.4. The van der Waals surface area contributed by atoms with Gasteiger partial charge >= 0.3 is 0 Å². The molecule has 0 radical (unpaired) electrons. The Bertz CT molecular complexity index is 649. The third kappa shape index (κ3) is 3.31. The SMILES string of the molecule is CCN(CCC#N)S(=O)(=O)c1ccc([N+](=O)[O-])cc1C. The molecule has 20 heavy (non-hydrogen) atoms. The fraction of sp³-hybridized carbons (Fsp3) is 0.417. The number of sulfonamides is 1. The average Bonchev–Trinajstić information content (AvgIpc) is 2.38. The van der Waals surface area contributed by atoms with E-state index in [1.54, 1.807) is 6.92 Å². The third-order valence-electron chi connectivity index (χ3n) is 2.81. The Hall–Kier alpha value is -1.98. The molecule has 1 rings (SSSR count). The number of aryl methyl sites for hydroxylation is 1. The molecule has 0 amide bonds. The largest absolute Gasteiger partial charge is 0.269 e. The van der Waals surface area contributed by atoms with Gasteiger partial charge in [0.25, 0.3) is 5.69 Å². The molecule has 0 N–H and O–H groups in total. The summed E-state index contributed by atoms with van der Waals surface area (Å²) in [6.45, 7) is 3.53. The van der Waals surface area contributed by atoms with Crippen LogP contribution < -0.4 is 0 Å². The van der Waals surface area contributed by atoms with Crippen LogP contribution in [0.15, 0.2) is 23.1 Å². The average molecular weight is 297 g/mol. The van der Waals surface area contributed by atoms with Gasteiger partial charge in [-0.1, -0.05) is 6.92 Å². The molecule has 0 fully saturated rings. The van der Waals surface area contributed by atoms with Gasteiger partial charge in [-0.05, 0) is 18.6 Å². The minimum absolute atomic E-state index is 0.0305. The normalized spacial score (nSPS) is 11.3. The highest BCUT2D eigenvalue weighted by Gasteiger charge is 2.25. The van der Waals surface area contributed by atoms with Gasteiger partial charge in [0, 0.05) is 31.6 Å². The highest BCUT2D eigenvalue weighted by atomic mass is 32.2. The lowest BCUT2D eigenvalue weighted by Gasteiger charge is -2.20. The number of hydrogen-bond acceptors (Lipinski definition) is 5. The highest BCUT2D eigenvalue weighted by molar-refractivity contribution is 7.89. The summed E-state index contributed by atoms with van der Waals surface area (Å²) in [7, 11) is -3.74. The van der Waals surface area contributed by atoms with Crippen LogP contribution in [0, 0.1) is 28.4 Å². The van der Waals surface area contributed by atoms with Gasteiger partial charge in [0.1, 0.15) is 0 Å². The molecular weight excluding hydrogens is 282 g/mol. The van der Waals surface area contributed by atoms with Gasteiger partial charge in [0.05, 0.1) is 15.9 Å². The van der Waals surface area contributed by atoms with Crippen LogP contribution in [-0.2, 0) is 10.0 Å². The van der Waals surface area contributed by atoms with Gasteiger partial charge < -0.3 is 0 Å². The molecule has 0 heterocycles. The number of nitro benzene ring substituents is 1. The van der Waals surface area contributed by atoms with Crippen LogP contribution in [0.2, 0.25) is 0 Å². The Morgan fingerprint density at radius 3 is 2.55 bits per heavy atom. The van der Waals surface area contributed by atoms with Crippen molar-refractivity contribution in [3.63, 3.8) is 0 Å². The van der Waals surface area contributed by atoms with Crippen LogP contribution in [0.1, 0.15) is 18.9 Å². The van der Waals surface area contributed by atoms with E-state index in [-0.39, 0.29) is 30.1 Å². The lowest BCUT2D eigenvalue weighted by atomic mass is 10.2. The first-order valence-corrected chi connectivity index (χ1v) is 7.40. The molecule has 0 aromatic heterocycles. The molecule has 8 heteroatoms. The Labute approximate surface area is 117 Å². The lowest BCUT2D eigenvalue weighted by molar-refractivity contribution is -0.385. The van der Waals surface area contributed by atoms with Gasteiger partial charge in [0.15, 0.2) is 0 Å². The van der Waals surface area contributed by atoms with Crippen molar-refractivity contribution >= 4 is 15.7 Å². The van der Waals surface area contributed by atoms with E-state index in [1.807, 2.05) is 6.07 Å². The molecule has 0 unspecified atom stereocenters. The number of rotatable bonds is 6. The Kier molecular flexibility index (Phi) is 5.19. The van der Waals surface area contributed by atoms with Crippen LogP contribution in [0.25, 0.3) is 0 Å². The second-order valence-electron chi connectivity index (χ2n) is 4.11. The first-order valence-electron chi connectivity index (χ1n) is 5.96. The zero-order valence-corrected chi connectivity index (χ0v) is 12.1. The molecule has 1 aromatic carbocycles. The number of nitrogens with zero attached hydrogens (tertiary/aromatic N) is 3. The second-order valence-corrected chi connectivity index (χ2v) is 6.02. The fourth-order valence-electron chi connectivity index (χ4n) is 1.80. The topological polar surface area (TPSA) is 104 Å². The number of non-ortho nitro benzene ring substituents is 1. The van der Waals surface area contributed by atoms with Crippen molar-refractivity contribution in [1.29, 1.82) is 5.26 Å². The molecule has 0 aliphatic carbocycles. The molecule has 108 valence electrons. The van der Waals surface area contributed by atoms with E-state index in [0.29, 0.717) is 5.56 Å². The first-order chi connectivity index (χ1) is 9.34. The number of nitriles is 1. The zero-order valence-electron chi connectivity index (χ0n) is 11.2. The molecule has 0 spiro atoms. The summed E-state index contributed by atoms with van der Waals surface area (Å²) in [4.78, 5) is 10.1. The Morgan fingerprint density at radius 2 is 2.10 bits per heavy atom. The quantitative estimate of drug-likeness (QED) is 0.588. The minimum atomic E-state index is -3.74. The maximum absolute atomic E-state index is 12.4. The van der Waals surface area contributed by atoms with Crippen molar-refractivity contribution in [2.75, 3.05) is 13.1 Å². The zero-order chi connectivity index (χ0) is 15.3. The van der Waals surface area contributed by atoms with Gasteiger partial charge in [-0.25, -0.2) is 8.42 Å². The van der Waals surface area contributed by atoms with Crippen molar-refractivity contribution in [2.24, 2.45) is 0 Å². The molecule has 0 atom stereocenters. The number of hydrogen-bond donors (Lipinski definition) is 0. The fourth-order valence-corrected chi connectivity index (χ4v) is 3.45. The summed E-state index contributed by atoms with van der Waals surface area (Å²) < 4.78 is 26.0. The molecule has 1 aromatic rings. The van der Waals surface area contributed by atoms with E-state index >= 15 is 0 Å². The van der Waals surface area contributed by atoms with Crippen LogP contribution >= 0.6 is 0 Å². The predicted octanol–water partition coefficient (Wildman–Crippen LogP) is 1.83. The van der Waals surface area contributed by atoms with Crippen LogP contribution in [0.5, 0.6) is 0 Å². The monoisotopic (exact) mass is 297 g/mol. The van der Waals surface area contributed by atoms with E-state index in [9.17, 15) is 18.5 Å². The predicted molar refractivity (Wildman–Crippen MR) is 72.5 cm³/mol. The summed E-state index contributed by atoms with van der Waals surface area (Å²) in [5, 5.41) is 19.2. The second kappa shape index (κ2) is 6.45. The van der Waals surface area contributed by atoms with Crippen LogP contribution in [0.4, 0.5) is 5.69 Å². The maximum Gasteiger partial charge on any atom is 0.269 e. The van der Waals surface area contributed by atoms with Gasteiger partial charge in [-0.15, -0.1) is 0 Å². The molecule has 0 aliphatic heterocycles. The number of benzene rings is 1. The summed E-state index contributed by atoms with van der Waals surface area (Å²) >= 11 is 0. The molecule has 0 saturated heterocycles. The van der Waals surface area contributed by atoms with Gasteiger partial charge in [-0.2, -0.15) is 9.57 Å². The first kappa shape index (κ1) is 16.1. The Morgan fingerprint density at radius 1 is 1.45 bits per heavy atom.